The molecule has 6 atom stereocenters. The molecule has 186 valence electrons. The van der Waals surface area contributed by atoms with Crippen LogP contribution in [-0.4, -0.2) is 89.5 Å². The van der Waals surface area contributed by atoms with Crippen molar-refractivity contribution >= 4 is 35.3 Å². The smallest absolute Gasteiger partial charge is 0.353 e. The standard InChI is InChI=1S/C23H36N4O5S.H2/c1-6-7-24-10-14(28)8-12(2)17-18-13(3)20(19(23(31)32)27(18)22(17)30)33-15-9-16(25-11-15)21(29)26(4)5;/h12-13,15-18,24-25H,6-11H2,1-5H3,(H,31,32);1H/t12-,13+,15-,16-,17+,18?;/m0./s1. The predicted octanol–water partition coefficient (Wildman–Crippen LogP) is 1.15. The van der Waals surface area contributed by atoms with E-state index in [2.05, 4.69) is 10.6 Å². The first kappa shape index (κ1) is 25.7. The fourth-order valence-corrected chi connectivity index (χ4v) is 6.68. The summed E-state index contributed by atoms with van der Waals surface area (Å²) in [5.74, 6) is -1.84. The van der Waals surface area contributed by atoms with E-state index in [1.807, 2.05) is 20.8 Å². The Morgan fingerprint density at radius 1 is 1.36 bits per heavy atom. The van der Waals surface area contributed by atoms with Crippen LogP contribution in [0, 0.1) is 17.8 Å². The molecule has 33 heavy (non-hydrogen) atoms. The summed E-state index contributed by atoms with van der Waals surface area (Å²) in [6, 6.07) is -0.507. The normalized spacial score (nSPS) is 29.7. The van der Waals surface area contributed by atoms with E-state index >= 15 is 0 Å². The minimum atomic E-state index is -1.10. The molecule has 10 heteroatoms. The van der Waals surface area contributed by atoms with Crippen LogP contribution in [0.1, 0.15) is 41.5 Å². The third kappa shape index (κ3) is 5.12. The van der Waals surface area contributed by atoms with Gasteiger partial charge in [0.2, 0.25) is 11.8 Å². The van der Waals surface area contributed by atoms with Crippen molar-refractivity contribution in [1.29, 1.82) is 0 Å². The summed E-state index contributed by atoms with van der Waals surface area (Å²) in [4.78, 5) is 53.4. The minimum absolute atomic E-state index is 0. The van der Waals surface area contributed by atoms with Gasteiger partial charge in [0, 0.05) is 44.6 Å². The Bertz CT molecular complexity index is 851. The molecule has 3 aliphatic rings. The van der Waals surface area contributed by atoms with E-state index in [1.165, 1.54) is 16.7 Å². The number of Topliss-reactive ketones (excluding diaryl/α,β-unsaturated/α-hetero) is 1. The predicted molar refractivity (Wildman–Crippen MR) is 128 cm³/mol. The van der Waals surface area contributed by atoms with Gasteiger partial charge in [-0.3, -0.25) is 14.4 Å². The monoisotopic (exact) mass is 482 g/mol. The first-order chi connectivity index (χ1) is 15.6. The number of nitrogens with zero attached hydrogens (tertiary/aromatic N) is 2. The van der Waals surface area contributed by atoms with E-state index in [-0.39, 0.29) is 59.8 Å². The van der Waals surface area contributed by atoms with E-state index in [1.54, 1.807) is 19.0 Å². The molecule has 0 aromatic heterocycles. The van der Waals surface area contributed by atoms with Gasteiger partial charge in [-0.1, -0.05) is 20.8 Å². The van der Waals surface area contributed by atoms with Crippen molar-refractivity contribution < 1.29 is 25.7 Å². The van der Waals surface area contributed by atoms with Gasteiger partial charge in [-0.2, -0.15) is 0 Å². The van der Waals surface area contributed by atoms with Crippen LogP contribution in [0.4, 0.5) is 0 Å². The Morgan fingerprint density at radius 2 is 2.06 bits per heavy atom. The average molecular weight is 483 g/mol. The van der Waals surface area contributed by atoms with Crippen molar-refractivity contribution in [1.82, 2.24) is 20.4 Å². The number of carboxylic acid groups (broad SMARTS) is 1. The number of rotatable bonds is 11. The van der Waals surface area contributed by atoms with Crippen molar-refractivity contribution in [3.05, 3.63) is 10.6 Å². The van der Waals surface area contributed by atoms with Gasteiger partial charge in [-0.25, -0.2) is 4.79 Å². The van der Waals surface area contributed by atoms with Crippen LogP contribution in [0.5, 0.6) is 0 Å². The average Bonchev–Trinajstić information content (AvgIpc) is 3.29. The van der Waals surface area contributed by atoms with Crippen LogP contribution in [0.3, 0.4) is 0 Å². The zero-order valence-electron chi connectivity index (χ0n) is 20.1. The Hall–Kier alpha value is -1.91. The highest BCUT2D eigenvalue weighted by Gasteiger charge is 2.60. The summed E-state index contributed by atoms with van der Waals surface area (Å²) >= 11 is 1.48. The molecule has 0 radical (unpaired) electrons. The number of carbonyl (C=O) groups is 4. The number of carboxylic acids is 1. The zero-order chi connectivity index (χ0) is 24.4. The molecule has 0 aromatic rings. The van der Waals surface area contributed by atoms with Crippen molar-refractivity contribution in [3.8, 4) is 0 Å². The van der Waals surface area contributed by atoms with E-state index in [0.717, 1.165) is 13.0 Å². The largest absolute Gasteiger partial charge is 0.477 e. The van der Waals surface area contributed by atoms with Gasteiger partial charge in [0.15, 0.2) is 0 Å². The van der Waals surface area contributed by atoms with Gasteiger partial charge in [0.1, 0.15) is 11.5 Å². The second kappa shape index (κ2) is 10.6. The van der Waals surface area contributed by atoms with Crippen molar-refractivity contribution in [2.75, 3.05) is 33.7 Å². The lowest BCUT2D eigenvalue weighted by atomic mass is 9.73. The molecule has 1 unspecified atom stereocenters. The van der Waals surface area contributed by atoms with E-state index in [4.69, 9.17) is 0 Å². The molecule has 2 fully saturated rings. The first-order valence-electron chi connectivity index (χ1n) is 11.7. The van der Waals surface area contributed by atoms with Crippen molar-refractivity contribution in [2.24, 2.45) is 17.8 Å². The summed E-state index contributed by atoms with van der Waals surface area (Å²) in [5, 5.41) is 16.3. The van der Waals surface area contributed by atoms with Crippen LogP contribution >= 0.6 is 11.8 Å². The lowest BCUT2D eigenvalue weighted by Crippen LogP contribution is -2.62. The summed E-state index contributed by atoms with van der Waals surface area (Å²) in [6.45, 7) is 7.60. The number of likely N-dealkylation sites (N-methyl/N-ethyl adjacent to an activating group) is 1. The molecule has 9 nitrogen and oxygen atoms in total. The number of nitrogens with one attached hydrogen (secondary N) is 2. The molecule has 3 heterocycles. The second-order valence-electron chi connectivity index (χ2n) is 9.60. The fraction of sp³-hybridized carbons (Fsp3) is 0.739. The van der Waals surface area contributed by atoms with Crippen LogP contribution in [0.2, 0.25) is 0 Å². The molecule has 0 bridgehead atoms. The van der Waals surface area contributed by atoms with Crippen molar-refractivity contribution in [2.45, 2.75) is 57.4 Å². The molecule has 3 rings (SSSR count). The number of hydrogen-bond donors (Lipinski definition) is 3. The number of amides is 2. The minimum Gasteiger partial charge on any atom is -0.477 e. The Balaban J connectivity index is 0.00000408. The van der Waals surface area contributed by atoms with E-state index < -0.39 is 5.97 Å². The van der Waals surface area contributed by atoms with E-state index in [0.29, 0.717) is 30.8 Å². The van der Waals surface area contributed by atoms with E-state index in [9.17, 15) is 24.3 Å². The summed E-state index contributed by atoms with van der Waals surface area (Å²) in [6.07, 6.45) is 1.86. The zero-order valence-corrected chi connectivity index (χ0v) is 20.9. The topological polar surface area (TPSA) is 119 Å². The third-order valence-corrected chi connectivity index (χ3v) is 8.34. The van der Waals surface area contributed by atoms with Crippen LogP contribution < -0.4 is 10.6 Å². The molecular formula is C23H38N4O5S. The van der Waals surface area contributed by atoms with Gasteiger partial charge in [0.25, 0.3) is 0 Å². The SMILES string of the molecule is CCCNCC(=O)C[C@H](C)[C@H]1C(=O)N2C(C(=O)O)=C(S[C@@H]3CN[C@H](C(=O)N(C)C)C3)[C@H](C)C12.[HH]. The molecule has 0 aromatic carbocycles. The van der Waals surface area contributed by atoms with Crippen LogP contribution in [0.15, 0.2) is 10.6 Å². The highest BCUT2D eigenvalue weighted by molar-refractivity contribution is 8.03. The molecule has 3 aliphatic heterocycles. The molecule has 2 saturated heterocycles. The van der Waals surface area contributed by atoms with Gasteiger partial charge in [0.05, 0.1) is 24.5 Å². The lowest BCUT2D eigenvalue weighted by Gasteiger charge is -2.47. The third-order valence-electron chi connectivity index (χ3n) is 6.83. The summed E-state index contributed by atoms with van der Waals surface area (Å²) in [7, 11) is 3.44. The van der Waals surface area contributed by atoms with Crippen molar-refractivity contribution in [3.63, 3.8) is 0 Å². The fourth-order valence-electron chi connectivity index (χ4n) is 5.20. The van der Waals surface area contributed by atoms with Gasteiger partial charge in [-0.15, -0.1) is 11.8 Å². The summed E-state index contributed by atoms with van der Waals surface area (Å²) < 4.78 is 0. The number of aliphatic carboxylic acids is 1. The van der Waals surface area contributed by atoms with Crippen LogP contribution in [0.25, 0.3) is 0 Å². The lowest BCUT2D eigenvalue weighted by molar-refractivity contribution is -0.160. The number of β-lactam (4-membered cyclic amide) rings is 1. The molecule has 0 aliphatic carbocycles. The molecule has 0 spiro atoms. The maximum Gasteiger partial charge on any atom is 0.353 e. The molecular weight excluding hydrogens is 444 g/mol. The first-order valence-corrected chi connectivity index (χ1v) is 12.6. The van der Waals surface area contributed by atoms with Crippen LogP contribution in [-0.2, 0) is 19.2 Å². The number of hydrogen-bond acceptors (Lipinski definition) is 7. The van der Waals surface area contributed by atoms with Gasteiger partial charge in [-0.05, 0) is 25.3 Å². The quantitative estimate of drug-likeness (QED) is 0.296. The second-order valence-corrected chi connectivity index (χ2v) is 10.9. The molecule has 0 saturated carbocycles. The number of fused-ring (bicyclic) bond motifs is 1. The molecule has 3 N–H and O–H groups in total. The number of carbonyl (C=O) groups excluding carboxylic acids is 3. The summed E-state index contributed by atoms with van der Waals surface area (Å²) in [5.41, 5.74) is 0.0734. The number of thioether (sulfide) groups is 1. The van der Waals surface area contributed by atoms with Gasteiger partial charge >= 0.3 is 5.97 Å². The highest BCUT2D eigenvalue weighted by atomic mass is 32.2. The highest BCUT2D eigenvalue weighted by Crippen LogP contribution is 2.53. The Morgan fingerprint density at radius 3 is 2.67 bits per heavy atom. The maximum atomic E-state index is 13.0. The van der Waals surface area contributed by atoms with Gasteiger partial charge < -0.3 is 25.5 Å². The Labute approximate surface area is 201 Å². The maximum absolute atomic E-state index is 13.0. The number of ketones is 1. The molecule has 2 amide bonds. The Kier molecular flexibility index (Phi) is 8.23.